The maximum Gasteiger partial charge on any atom is 0.356 e. The fourth-order valence-electron chi connectivity index (χ4n) is 4.20. The SMILES string of the molecule is CC(OC(=O)c1c(-c2ccccc2)c2ccccc2c(=O)n1C)C(=O)Nc1nc(-c2ccccc2Cl)cs1. The predicted octanol–water partition coefficient (Wildman–Crippen LogP) is 6.17. The molecule has 3 aromatic carbocycles. The van der Waals surface area contributed by atoms with Crippen LogP contribution >= 0.6 is 22.9 Å². The fraction of sp³-hybridized carbons (Fsp3) is 0.103. The Labute approximate surface area is 227 Å². The normalized spacial score (nSPS) is 11.8. The molecule has 2 heterocycles. The van der Waals surface area contributed by atoms with Gasteiger partial charge < -0.3 is 9.30 Å². The average Bonchev–Trinajstić information content (AvgIpc) is 3.39. The van der Waals surface area contributed by atoms with E-state index in [2.05, 4.69) is 10.3 Å². The number of anilines is 1. The third-order valence-corrected chi connectivity index (χ3v) is 7.18. The van der Waals surface area contributed by atoms with Crippen molar-refractivity contribution in [2.24, 2.45) is 7.05 Å². The zero-order valence-electron chi connectivity index (χ0n) is 20.5. The predicted molar refractivity (Wildman–Crippen MR) is 151 cm³/mol. The van der Waals surface area contributed by atoms with Crippen molar-refractivity contribution < 1.29 is 14.3 Å². The highest BCUT2D eigenvalue weighted by atomic mass is 35.5. The molecule has 1 atom stereocenters. The summed E-state index contributed by atoms with van der Waals surface area (Å²) in [6.07, 6.45) is -1.15. The summed E-state index contributed by atoms with van der Waals surface area (Å²) in [7, 11) is 1.52. The molecule has 0 fully saturated rings. The Morgan fingerprint density at radius 2 is 1.63 bits per heavy atom. The van der Waals surface area contributed by atoms with E-state index >= 15 is 0 Å². The number of halogens is 1. The number of thiazole rings is 1. The third-order valence-electron chi connectivity index (χ3n) is 6.10. The maximum atomic E-state index is 13.5. The van der Waals surface area contributed by atoms with Gasteiger partial charge in [-0.1, -0.05) is 78.3 Å². The topological polar surface area (TPSA) is 90.3 Å². The first-order chi connectivity index (χ1) is 18.3. The van der Waals surface area contributed by atoms with Gasteiger partial charge in [-0.3, -0.25) is 14.9 Å². The van der Waals surface area contributed by atoms with Gasteiger partial charge in [0, 0.05) is 34.0 Å². The Morgan fingerprint density at radius 1 is 0.974 bits per heavy atom. The molecule has 0 aliphatic rings. The number of rotatable bonds is 6. The molecule has 0 bridgehead atoms. The van der Waals surface area contributed by atoms with Crippen molar-refractivity contribution in [3.05, 3.63) is 105 Å². The molecule has 1 amide bonds. The Hall–Kier alpha value is -4.27. The van der Waals surface area contributed by atoms with Gasteiger partial charge in [-0.15, -0.1) is 11.3 Å². The number of fused-ring (bicyclic) bond motifs is 1. The number of aromatic nitrogens is 2. The molecule has 38 heavy (non-hydrogen) atoms. The first kappa shape index (κ1) is 25.4. The summed E-state index contributed by atoms with van der Waals surface area (Å²) >= 11 is 7.48. The summed E-state index contributed by atoms with van der Waals surface area (Å²) in [4.78, 5) is 43.9. The summed E-state index contributed by atoms with van der Waals surface area (Å²) in [5.41, 5.74) is 2.41. The number of hydrogen-bond donors (Lipinski definition) is 1. The highest BCUT2D eigenvalue weighted by Gasteiger charge is 2.26. The number of ether oxygens (including phenoxy) is 1. The number of nitrogens with one attached hydrogen (secondary N) is 1. The number of hydrogen-bond acceptors (Lipinski definition) is 6. The van der Waals surface area contributed by atoms with Gasteiger partial charge in [-0.05, 0) is 30.0 Å². The van der Waals surface area contributed by atoms with Gasteiger partial charge >= 0.3 is 5.97 Å². The van der Waals surface area contributed by atoms with Crippen molar-refractivity contribution in [1.29, 1.82) is 0 Å². The average molecular weight is 544 g/mol. The Balaban J connectivity index is 1.42. The minimum Gasteiger partial charge on any atom is -0.448 e. The minimum atomic E-state index is -1.15. The molecule has 1 N–H and O–H groups in total. The van der Waals surface area contributed by atoms with E-state index in [1.807, 2.05) is 54.6 Å². The molecule has 5 rings (SSSR count). The molecule has 5 aromatic rings. The standard InChI is InChI=1S/C29H22ClN3O4S/c1-17(26(34)32-29-31-23(16-38-29)21-14-8-9-15-22(21)30)37-28(36)25-24(18-10-4-3-5-11-18)19-12-6-7-13-20(19)27(35)33(25)2/h3-17H,1-2H3,(H,31,32,34). The summed E-state index contributed by atoms with van der Waals surface area (Å²) < 4.78 is 6.85. The third kappa shape index (κ3) is 4.83. The van der Waals surface area contributed by atoms with Crippen LogP contribution in [0.15, 0.2) is 89.0 Å². The lowest BCUT2D eigenvalue weighted by Gasteiger charge is -2.18. The van der Waals surface area contributed by atoms with Gasteiger partial charge in [0.1, 0.15) is 5.69 Å². The molecule has 1 unspecified atom stereocenters. The molecule has 0 aliphatic heterocycles. The lowest BCUT2D eigenvalue weighted by molar-refractivity contribution is -0.123. The van der Waals surface area contributed by atoms with Crippen molar-refractivity contribution in [3.63, 3.8) is 0 Å². The second kappa shape index (κ2) is 10.6. The Kier molecular flexibility index (Phi) is 7.09. The van der Waals surface area contributed by atoms with Crippen LogP contribution in [0.4, 0.5) is 5.13 Å². The molecule has 7 nitrogen and oxygen atoms in total. The van der Waals surface area contributed by atoms with Gasteiger partial charge in [0.2, 0.25) is 0 Å². The van der Waals surface area contributed by atoms with Crippen molar-refractivity contribution in [1.82, 2.24) is 9.55 Å². The molecule has 0 saturated carbocycles. The molecular weight excluding hydrogens is 522 g/mol. The van der Waals surface area contributed by atoms with Crippen molar-refractivity contribution in [3.8, 4) is 22.4 Å². The van der Waals surface area contributed by atoms with Crippen LogP contribution < -0.4 is 10.9 Å². The molecule has 0 saturated heterocycles. The van der Waals surface area contributed by atoms with E-state index in [0.29, 0.717) is 32.2 Å². The van der Waals surface area contributed by atoms with Crippen LogP contribution in [0, 0.1) is 0 Å². The van der Waals surface area contributed by atoms with Gasteiger partial charge in [-0.25, -0.2) is 9.78 Å². The smallest absolute Gasteiger partial charge is 0.356 e. The molecule has 0 spiro atoms. The van der Waals surface area contributed by atoms with E-state index in [1.165, 1.54) is 29.9 Å². The molecule has 9 heteroatoms. The largest absolute Gasteiger partial charge is 0.448 e. The monoisotopic (exact) mass is 543 g/mol. The molecule has 0 aliphatic carbocycles. The number of esters is 1. The number of pyridine rings is 1. The lowest BCUT2D eigenvalue weighted by atomic mass is 9.97. The molecular formula is C29H22ClN3O4S. The van der Waals surface area contributed by atoms with E-state index in [4.69, 9.17) is 16.3 Å². The van der Waals surface area contributed by atoms with Crippen LogP contribution in [-0.4, -0.2) is 27.5 Å². The van der Waals surface area contributed by atoms with Gasteiger partial charge in [0.05, 0.1) is 5.69 Å². The first-order valence-corrected chi connectivity index (χ1v) is 13.0. The summed E-state index contributed by atoms with van der Waals surface area (Å²) in [5, 5.41) is 6.47. The highest BCUT2D eigenvalue weighted by Crippen LogP contribution is 2.32. The minimum absolute atomic E-state index is 0.0646. The van der Waals surface area contributed by atoms with E-state index in [9.17, 15) is 14.4 Å². The Bertz CT molecular complexity index is 1730. The number of nitrogens with zero attached hydrogens (tertiary/aromatic N) is 2. The maximum absolute atomic E-state index is 13.5. The van der Waals surface area contributed by atoms with Crippen LogP contribution in [0.2, 0.25) is 5.02 Å². The number of benzene rings is 3. The second-order valence-electron chi connectivity index (χ2n) is 8.55. The molecule has 2 aromatic heterocycles. The summed E-state index contributed by atoms with van der Waals surface area (Å²) in [6, 6.07) is 23.7. The fourth-order valence-corrected chi connectivity index (χ4v) is 5.15. The van der Waals surface area contributed by atoms with Gasteiger partial charge in [0.25, 0.3) is 11.5 Å². The van der Waals surface area contributed by atoms with Crippen LogP contribution in [0.25, 0.3) is 33.2 Å². The lowest BCUT2D eigenvalue weighted by Crippen LogP contribution is -2.32. The second-order valence-corrected chi connectivity index (χ2v) is 9.82. The van der Waals surface area contributed by atoms with E-state index in [-0.39, 0.29) is 11.3 Å². The Morgan fingerprint density at radius 3 is 2.37 bits per heavy atom. The van der Waals surface area contributed by atoms with E-state index in [1.54, 1.807) is 29.6 Å². The van der Waals surface area contributed by atoms with Crippen LogP contribution in [0.3, 0.4) is 0 Å². The van der Waals surface area contributed by atoms with Crippen molar-refractivity contribution in [2.45, 2.75) is 13.0 Å². The van der Waals surface area contributed by atoms with Crippen LogP contribution in [0.5, 0.6) is 0 Å². The van der Waals surface area contributed by atoms with Crippen LogP contribution in [-0.2, 0) is 16.6 Å². The zero-order chi connectivity index (χ0) is 26.8. The van der Waals surface area contributed by atoms with Gasteiger partial charge in [0.15, 0.2) is 11.2 Å². The molecule has 190 valence electrons. The summed E-state index contributed by atoms with van der Waals surface area (Å²) in [6.45, 7) is 1.47. The number of amides is 1. The van der Waals surface area contributed by atoms with Crippen molar-refractivity contribution in [2.75, 3.05) is 5.32 Å². The summed E-state index contributed by atoms with van der Waals surface area (Å²) in [5.74, 6) is -1.33. The van der Waals surface area contributed by atoms with Gasteiger partial charge in [-0.2, -0.15) is 0 Å². The molecule has 0 radical (unpaired) electrons. The van der Waals surface area contributed by atoms with Crippen LogP contribution in [0.1, 0.15) is 17.4 Å². The first-order valence-electron chi connectivity index (χ1n) is 11.7. The number of carbonyl (C=O) groups is 2. The van der Waals surface area contributed by atoms with E-state index < -0.39 is 18.0 Å². The van der Waals surface area contributed by atoms with Crippen molar-refractivity contribution >= 4 is 50.7 Å². The zero-order valence-corrected chi connectivity index (χ0v) is 22.0. The highest BCUT2D eigenvalue weighted by molar-refractivity contribution is 7.14. The quantitative estimate of drug-likeness (QED) is 0.259. The van der Waals surface area contributed by atoms with E-state index in [0.717, 1.165) is 11.1 Å². The number of carbonyl (C=O) groups excluding carboxylic acids is 2.